The van der Waals surface area contributed by atoms with Gasteiger partial charge in [0, 0.05) is 6.42 Å². The summed E-state index contributed by atoms with van der Waals surface area (Å²) in [7, 11) is 0. The molecule has 466 valence electrons. The lowest BCUT2D eigenvalue weighted by atomic mass is 9.99. The van der Waals surface area contributed by atoms with Gasteiger partial charge in [-0.1, -0.05) is 272 Å². The van der Waals surface area contributed by atoms with Crippen molar-refractivity contribution in [3.05, 3.63) is 97.2 Å². The van der Waals surface area contributed by atoms with Gasteiger partial charge in [0.15, 0.2) is 12.4 Å². The highest BCUT2D eigenvalue weighted by Crippen LogP contribution is 2.26. The van der Waals surface area contributed by atoms with Gasteiger partial charge < -0.3 is 45.1 Å². The topological polar surface area (TPSA) is 175 Å². The quantitative estimate of drug-likeness (QED) is 0.0195. The third-order valence-electron chi connectivity index (χ3n) is 15.0. The maximum absolute atomic E-state index is 13.5. The zero-order valence-electron chi connectivity index (χ0n) is 51.6. The van der Waals surface area contributed by atoms with Crippen LogP contribution in [0.15, 0.2) is 97.2 Å². The molecule has 1 rings (SSSR count). The minimum absolute atomic E-state index is 0.0144. The van der Waals surface area contributed by atoms with Gasteiger partial charge in [0.25, 0.3) is 0 Å². The molecule has 0 bridgehead atoms. The number of aliphatic hydroxyl groups is 5. The van der Waals surface area contributed by atoms with Crippen molar-refractivity contribution in [3.63, 3.8) is 0 Å². The van der Waals surface area contributed by atoms with Gasteiger partial charge in [-0.2, -0.15) is 0 Å². The van der Waals surface area contributed by atoms with E-state index in [1.54, 1.807) is 6.08 Å². The summed E-state index contributed by atoms with van der Waals surface area (Å²) >= 11 is 0. The fraction of sp³-hybridized carbons (Fsp3) is 0.743. The normalized spacial score (nSPS) is 19.3. The molecule has 6 N–H and O–H groups in total. The third-order valence-corrected chi connectivity index (χ3v) is 15.0. The van der Waals surface area contributed by atoms with Crippen LogP contribution in [0.2, 0.25) is 0 Å². The molecule has 11 nitrogen and oxygen atoms in total. The summed E-state index contributed by atoms with van der Waals surface area (Å²) in [5, 5.41) is 57.0. The van der Waals surface area contributed by atoms with Crippen molar-refractivity contribution < 1.29 is 49.3 Å². The predicted molar refractivity (Wildman–Crippen MR) is 338 cm³/mol. The molecule has 1 heterocycles. The molecule has 1 aliphatic heterocycles. The fourth-order valence-corrected chi connectivity index (χ4v) is 9.79. The van der Waals surface area contributed by atoms with E-state index < -0.39 is 67.4 Å². The van der Waals surface area contributed by atoms with Gasteiger partial charge in [0.2, 0.25) is 5.91 Å². The molecule has 8 unspecified atom stereocenters. The van der Waals surface area contributed by atoms with Crippen LogP contribution in [0, 0.1) is 0 Å². The van der Waals surface area contributed by atoms with Crippen LogP contribution in [0.4, 0.5) is 0 Å². The average molecular weight is 1140 g/mol. The number of nitrogens with one attached hydrogen (secondary N) is 1. The first-order valence-electron chi connectivity index (χ1n) is 33.0. The molecule has 0 aromatic heterocycles. The Labute approximate surface area is 495 Å². The first-order chi connectivity index (χ1) is 39.7. The molecule has 1 fully saturated rings. The second kappa shape index (κ2) is 57.0. The molecule has 11 heteroatoms. The molecule has 81 heavy (non-hydrogen) atoms. The van der Waals surface area contributed by atoms with Crippen molar-refractivity contribution in [2.24, 2.45) is 0 Å². The van der Waals surface area contributed by atoms with Crippen LogP contribution >= 0.6 is 0 Å². The number of unbranched alkanes of at least 4 members (excludes halogenated alkanes) is 27. The Balaban J connectivity index is 2.63. The summed E-state index contributed by atoms with van der Waals surface area (Å²) in [5.74, 6) is -1.27. The Kier molecular flexibility index (Phi) is 53.2. The van der Waals surface area contributed by atoms with E-state index in [1.807, 2.05) is 18.2 Å². The van der Waals surface area contributed by atoms with Gasteiger partial charge in [-0.25, -0.2) is 0 Å². The number of amides is 1. The number of rotatable bonds is 55. The first kappa shape index (κ1) is 75.6. The highest BCUT2D eigenvalue weighted by atomic mass is 16.7. The van der Waals surface area contributed by atoms with Crippen molar-refractivity contribution in [2.45, 2.75) is 320 Å². The average Bonchev–Trinajstić information content (AvgIpc) is 3.52. The molecule has 0 aromatic carbocycles. The van der Waals surface area contributed by atoms with Crippen molar-refractivity contribution >= 4 is 11.9 Å². The number of allylic oxidation sites excluding steroid dienone is 15. The summed E-state index contributed by atoms with van der Waals surface area (Å²) in [4.78, 5) is 26.5. The summed E-state index contributed by atoms with van der Waals surface area (Å²) in [6.45, 7) is 5.64. The SMILES string of the molecule is CC/C=C\C/C=C\C/C=C\C/C=C\C/C=C\CCCCCCCCCCCCC(O)C(=O)NC(COC1OC(CO)C(O)C(O)C1OC(=O)CC/C=C/C/C=C\CCCCCCCC)C(O)/C=C/CCCCCCCCCCCCC. The van der Waals surface area contributed by atoms with E-state index in [0.717, 1.165) is 89.9 Å². The van der Waals surface area contributed by atoms with E-state index in [9.17, 15) is 35.1 Å². The Hall–Kier alpha value is -3.42. The minimum Gasteiger partial charge on any atom is -0.454 e. The van der Waals surface area contributed by atoms with Gasteiger partial charge in [-0.3, -0.25) is 9.59 Å². The predicted octanol–water partition coefficient (Wildman–Crippen LogP) is 16.3. The molecule has 1 aliphatic rings. The monoisotopic (exact) mass is 1140 g/mol. The van der Waals surface area contributed by atoms with Gasteiger partial charge in [0.05, 0.1) is 25.4 Å². The van der Waals surface area contributed by atoms with Gasteiger partial charge in [0.1, 0.15) is 24.4 Å². The van der Waals surface area contributed by atoms with E-state index in [1.165, 1.54) is 135 Å². The van der Waals surface area contributed by atoms with E-state index in [4.69, 9.17) is 14.2 Å². The molecule has 0 aliphatic carbocycles. The van der Waals surface area contributed by atoms with Crippen molar-refractivity contribution in [2.75, 3.05) is 13.2 Å². The largest absolute Gasteiger partial charge is 0.454 e. The van der Waals surface area contributed by atoms with E-state index >= 15 is 0 Å². The third kappa shape index (κ3) is 44.7. The number of hydrogen-bond donors (Lipinski definition) is 6. The molecule has 0 aromatic rings. The van der Waals surface area contributed by atoms with Crippen LogP contribution in [0.25, 0.3) is 0 Å². The Morgan fingerprint density at radius 3 is 1.33 bits per heavy atom. The first-order valence-corrected chi connectivity index (χ1v) is 33.0. The summed E-state index contributed by atoms with van der Waals surface area (Å²) < 4.78 is 17.6. The summed E-state index contributed by atoms with van der Waals surface area (Å²) in [6, 6.07) is -1.04. The number of ether oxygens (including phenoxy) is 3. The second-order valence-corrected chi connectivity index (χ2v) is 22.5. The zero-order valence-corrected chi connectivity index (χ0v) is 51.6. The Morgan fingerprint density at radius 2 is 0.889 bits per heavy atom. The van der Waals surface area contributed by atoms with Crippen molar-refractivity contribution in [1.29, 1.82) is 0 Å². The highest BCUT2D eigenvalue weighted by molar-refractivity contribution is 5.80. The summed E-state index contributed by atoms with van der Waals surface area (Å²) in [6.07, 6.45) is 66.1. The Bertz CT molecular complexity index is 1690. The molecule has 1 amide bonds. The van der Waals surface area contributed by atoms with Gasteiger partial charge in [-0.15, -0.1) is 0 Å². The molecular formula is C70H121NO10. The van der Waals surface area contributed by atoms with Crippen molar-refractivity contribution in [3.8, 4) is 0 Å². The molecule has 0 spiro atoms. The maximum Gasteiger partial charge on any atom is 0.306 e. The fourth-order valence-electron chi connectivity index (χ4n) is 9.79. The zero-order chi connectivity index (χ0) is 58.9. The second-order valence-electron chi connectivity index (χ2n) is 22.5. The number of esters is 1. The minimum atomic E-state index is -1.64. The van der Waals surface area contributed by atoms with Crippen molar-refractivity contribution in [1.82, 2.24) is 5.32 Å². The van der Waals surface area contributed by atoms with Crippen LogP contribution < -0.4 is 5.32 Å². The molecule has 0 saturated carbocycles. The number of hydrogen-bond acceptors (Lipinski definition) is 10. The number of aliphatic hydroxyl groups excluding tert-OH is 5. The lowest BCUT2D eigenvalue weighted by Crippen LogP contribution is -2.61. The van der Waals surface area contributed by atoms with Crippen LogP contribution in [0.1, 0.15) is 271 Å². The van der Waals surface area contributed by atoms with Crippen LogP contribution in [-0.4, -0.2) is 99.6 Å². The lowest BCUT2D eigenvalue weighted by Gasteiger charge is -2.41. The highest BCUT2D eigenvalue weighted by Gasteiger charge is 2.47. The smallest absolute Gasteiger partial charge is 0.306 e. The summed E-state index contributed by atoms with van der Waals surface area (Å²) in [5.41, 5.74) is 0. The molecule has 0 radical (unpaired) electrons. The van der Waals surface area contributed by atoms with Gasteiger partial charge >= 0.3 is 5.97 Å². The number of carbonyl (C=O) groups is 2. The lowest BCUT2D eigenvalue weighted by molar-refractivity contribution is -0.305. The van der Waals surface area contributed by atoms with E-state index in [0.29, 0.717) is 12.8 Å². The number of carbonyl (C=O) groups excluding carboxylic acids is 2. The van der Waals surface area contributed by atoms with E-state index in [2.05, 4.69) is 99.0 Å². The van der Waals surface area contributed by atoms with Crippen LogP contribution in [0.3, 0.4) is 0 Å². The maximum atomic E-state index is 13.5. The Morgan fingerprint density at radius 1 is 0.494 bits per heavy atom. The molecular weight excluding hydrogens is 1010 g/mol. The van der Waals surface area contributed by atoms with Gasteiger partial charge in [-0.05, 0) is 89.9 Å². The van der Waals surface area contributed by atoms with Crippen LogP contribution in [-0.2, 0) is 23.8 Å². The van der Waals surface area contributed by atoms with E-state index in [-0.39, 0.29) is 19.4 Å². The molecule has 8 atom stereocenters. The standard InChI is InChI=1S/C70H121NO10/c1-4-7-10-13-16-19-22-25-26-27-28-29-30-31-32-33-34-35-36-37-40-42-45-48-51-54-57-63(74)69(78)71-61(62(73)56-53-50-47-44-41-38-23-20-17-14-11-8-5-2)60-79-70-68(67(77)66(76)64(59-72)80-70)81-65(75)58-55-52-49-46-43-39-24-21-18-15-12-9-6-3/h7,10,16,19,25-26,28-29,31-32,39,43,49,52-53,56,61-64,66-68,70,72-74,76-77H,4-6,8-9,11-15,17-18,20-24,27,30,33-38,40-42,44-48,50-51,54-55,57-60H2,1-3H3,(H,71,78)/b10-7-,19-16-,26-25-,29-28-,32-31-,43-39-,52-49+,56-53+. The molecule has 1 saturated heterocycles. The van der Waals surface area contributed by atoms with Crippen LogP contribution in [0.5, 0.6) is 0 Å².